The van der Waals surface area contributed by atoms with Crippen LogP contribution in [-0.2, 0) is 6.54 Å². The van der Waals surface area contributed by atoms with E-state index in [-0.39, 0.29) is 8.85 Å². The van der Waals surface area contributed by atoms with E-state index in [2.05, 4.69) is 29.6 Å². The molecule has 3 nitrogen and oxygen atoms in total. The van der Waals surface area contributed by atoms with Crippen LogP contribution < -0.4 is 10.8 Å². The molecule has 22 heavy (non-hydrogen) atoms. The molecule has 4 heteroatoms. The van der Waals surface area contributed by atoms with Gasteiger partial charge in [0.1, 0.15) is 0 Å². The first-order valence-electron chi connectivity index (χ1n) is 6.90. The van der Waals surface area contributed by atoms with Crippen LogP contribution >= 0.6 is 0 Å². The normalized spacial score (nSPS) is 10.1. The summed E-state index contributed by atoms with van der Waals surface area (Å²) in [5.41, 5.74) is 2.69. The largest absolute Gasteiger partial charge is 0.488 e. The first-order valence-corrected chi connectivity index (χ1v) is 6.90. The van der Waals surface area contributed by atoms with Crippen molar-refractivity contribution < 1.29 is 11.5 Å². The molecule has 0 saturated heterocycles. The van der Waals surface area contributed by atoms with E-state index < -0.39 is 7.12 Å². The van der Waals surface area contributed by atoms with Crippen molar-refractivity contribution in [1.29, 1.82) is 0 Å². The monoisotopic (exact) mass is 295 g/mol. The van der Waals surface area contributed by atoms with Gasteiger partial charge in [0.25, 0.3) is 0 Å². The van der Waals surface area contributed by atoms with Crippen molar-refractivity contribution in [3.8, 4) is 0 Å². The summed E-state index contributed by atoms with van der Waals surface area (Å²) in [7, 11) is -1.41. The molecule has 0 aromatic heterocycles. The molecular weight excluding hydrogens is 273 g/mol. The molecule has 0 aliphatic carbocycles. The highest BCUT2D eigenvalue weighted by Gasteiger charge is 2.09. The SMILES string of the molecule is C.OB(O)c1ccc(CNc2cccc3ccccc23)cc1.[HH]. The lowest BCUT2D eigenvalue weighted by Gasteiger charge is -2.10. The van der Waals surface area contributed by atoms with E-state index in [1.165, 1.54) is 10.8 Å². The third-order valence-electron chi connectivity index (χ3n) is 3.55. The highest BCUT2D eigenvalue weighted by Crippen LogP contribution is 2.23. The quantitative estimate of drug-likeness (QED) is 0.649. The van der Waals surface area contributed by atoms with Gasteiger partial charge < -0.3 is 15.4 Å². The van der Waals surface area contributed by atoms with Crippen molar-refractivity contribution in [2.45, 2.75) is 14.0 Å². The topological polar surface area (TPSA) is 52.5 Å². The van der Waals surface area contributed by atoms with E-state index >= 15 is 0 Å². The minimum Gasteiger partial charge on any atom is -0.423 e. The highest BCUT2D eigenvalue weighted by molar-refractivity contribution is 6.58. The molecule has 0 bridgehead atoms. The second-order valence-electron chi connectivity index (χ2n) is 5.00. The van der Waals surface area contributed by atoms with Crippen LogP contribution in [-0.4, -0.2) is 17.2 Å². The second-order valence-corrected chi connectivity index (χ2v) is 5.00. The molecule has 3 aromatic carbocycles. The van der Waals surface area contributed by atoms with E-state index in [1.807, 2.05) is 30.3 Å². The van der Waals surface area contributed by atoms with Gasteiger partial charge in [0.05, 0.1) is 0 Å². The van der Waals surface area contributed by atoms with Gasteiger partial charge in [-0.05, 0) is 22.5 Å². The zero-order valence-corrected chi connectivity index (χ0v) is 11.5. The van der Waals surface area contributed by atoms with Crippen LogP contribution in [0.3, 0.4) is 0 Å². The fraction of sp³-hybridized carbons (Fsp3) is 0.111. The molecule has 0 aliphatic rings. The molecule has 114 valence electrons. The predicted octanol–water partition coefficient (Wildman–Crippen LogP) is 3.01. The van der Waals surface area contributed by atoms with Crippen LogP contribution in [0.15, 0.2) is 66.7 Å². The lowest BCUT2D eigenvalue weighted by Crippen LogP contribution is -2.29. The number of anilines is 1. The van der Waals surface area contributed by atoms with Crippen LogP contribution in [0.2, 0.25) is 0 Å². The lowest BCUT2D eigenvalue weighted by atomic mass is 9.80. The highest BCUT2D eigenvalue weighted by atomic mass is 16.4. The molecule has 0 saturated carbocycles. The van der Waals surface area contributed by atoms with E-state index in [9.17, 15) is 0 Å². The van der Waals surface area contributed by atoms with E-state index in [0.29, 0.717) is 12.0 Å². The minimum atomic E-state index is -1.41. The van der Waals surface area contributed by atoms with Gasteiger partial charge in [0.15, 0.2) is 0 Å². The zero-order valence-electron chi connectivity index (χ0n) is 11.5. The molecule has 0 fully saturated rings. The van der Waals surface area contributed by atoms with E-state index in [4.69, 9.17) is 10.0 Å². The maximum Gasteiger partial charge on any atom is 0.488 e. The number of benzene rings is 3. The van der Waals surface area contributed by atoms with Crippen LogP contribution in [0.5, 0.6) is 0 Å². The Balaban J connectivity index is 0.00000132. The standard InChI is InChI=1S/C17H16BNO2.CH4.H2/c20-18(21)15-10-8-13(9-11-15)12-19-17-7-3-5-14-4-1-2-6-16(14)17;;/h1-11,19-21H,12H2;1H4;1H. The first-order chi connectivity index (χ1) is 10.2. The molecule has 0 heterocycles. The number of fused-ring (bicyclic) bond motifs is 1. The Hall–Kier alpha value is -2.30. The Morgan fingerprint density at radius 3 is 2.27 bits per heavy atom. The van der Waals surface area contributed by atoms with E-state index in [1.54, 1.807) is 12.1 Å². The Kier molecular flexibility index (Phi) is 5.20. The Labute approximate surface area is 132 Å². The summed E-state index contributed by atoms with van der Waals surface area (Å²) < 4.78 is 0. The summed E-state index contributed by atoms with van der Waals surface area (Å²) in [6.45, 7) is 0.690. The summed E-state index contributed by atoms with van der Waals surface area (Å²) in [5.74, 6) is 0. The lowest BCUT2D eigenvalue weighted by molar-refractivity contribution is 0.426. The number of hydrogen-bond donors (Lipinski definition) is 3. The molecular formula is C18H22BNO2. The summed E-state index contributed by atoms with van der Waals surface area (Å²) >= 11 is 0. The summed E-state index contributed by atoms with van der Waals surface area (Å²) in [6.07, 6.45) is 0. The van der Waals surface area contributed by atoms with Gasteiger partial charge in [-0.25, -0.2) is 0 Å². The third-order valence-corrected chi connectivity index (χ3v) is 3.55. The average Bonchev–Trinajstić information content (AvgIpc) is 2.53. The molecule has 0 radical (unpaired) electrons. The van der Waals surface area contributed by atoms with Crippen molar-refractivity contribution in [2.75, 3.05) is 5.32 Å². The van der Waals surface area contributed by atoms with Crippen molar-refractivity contribution in [3.63, 3.8) is 0 Å². The van der Waals surface area contributed by atoms with Crippen molar-refractivity contribution in [3.05, 3.63) is 72.3 Å². The fourth-order valence-corrected chi connectivity index (χ4v) is 2.38. The van der Waals surface area contributed by atoms with Gasteiger partial charge in [-0.15, -0.1) is 0 Å². The molecule has 3 aromatic rings. The molecule has 0 atom stereocenters. The van der Waals surface area contributed by atoms with Crippen molar-refractivity contribution >= 4 is 29.0 Å². The smallest absolute Gasteiger partial charge is 0.423 e. The fourth-order valence-electron chi connectivity index (χ4n) is 2.38. The number of nitrogens with one attached hydrogen (secondary N) is 1. The minimum absolute atomic E-state index is 0. The third kappa shape index (κ3) is 3.48. The van der Waals surface area contributed by atoms with Gasteiger partial charge >= 0.3 is 7.12 Å². The predicted molar refractivity (Wildman–Crippen MR) is 96.4 cm³/mol. The molecule has 0 amide bonds. The van der Waals surface area contributed by atoms with Gasteiger partial charge in [0, 0.05) is 19.0 Å². The summed E-state index contributed by atoms with van der Waals surface area (Å²) in [4.78, 5) is 0. The molecule has 0 aliphatic heterocycles. The van der Waals surface area contributed by atoms with Crippen LogP contribution in [0.1, 0.15) is 14.4 Å². The number of hydrogen-bond acceptors (Lipinski definition) is 3. The Bertz CT molecular complexity index is 742. The summed E-state index contributed by atoms with van der Waals surface area (Å²) in [6, 6.07) is 21.7. The Morgan fingerprint density at radius 1 is 0.864 bits per heavy atom. The molecule has 0 unspecified atom stereocenters. The van der Waals surface area contributed by atoms with E-state index in [0.717, 1.165) is 11.3 Å². The number of rotatable bonds is 4. The molecule has 3 rings (SSSR count). The van der Waals surface area contributed by atoms with Crippen LogP contribution in [0.25, 0.3) is 10.8 Å². The van der Waals surface area contributed by atoms with Gasteiger partial charge in [-0.1, -0.05) is 68.1 Å². The van der Waals surface area contributed by atoms with Gasteiger partial charge in [-0.2, -0.15) is 0 Å². The van der Waals surface area contributed by atoms with Gasteiger partial charge in [-0.3, -0.25) is 0 Å². The maximum absolute atomic E-state index is 9.08. The van der Waals surface area contributed by atoms with Crippen LogP contribution in [0, 0.1) is 0 Å². The average molecular weight is 295 g/mol. The van der Waals surface area contributed by atoms with Gasteiger partial charge in [0.2, 0.25) is 0 Å². The first kappa shape index (κ1) is 16.1. The second kappa shape index (κ2) is 7.12. The van der Waals surface area contributed by atoms with Crippen molar-refractivity contribution in [1.82, 2.24) is 0 Å². The van der Waals surface area contributed by atoms with Crippen molar-refractivity contribution in [2.24, 2.45) is 0 Å². The summed E-state index contributed by atoms with van der Waals surface area (Å²) in [5, 5.41) is 24.0. The maximum atomic E-state index is 9.08. The molecule has 3 N–H and O–H groups in total. The molecule has 0 spiro atoms. The Morgan fingerprint density at radius 2 is 1.55 bits per heavy atom. The van der Waals surface area contributed by atoms with Crippen LogP contribution in [0.4, 0.5) is 5.69 Å². The zero-order chi connectivity index (χ0) is 14.7.